The molecule has 8 heteroatoms. The van der Waals surface area contributed by atoms with Crippen molar-refractivity contribution >= 4 is 11.8 Å². The van der Waals surface area contributed by atoms with Crippen molar-refractivity contribution in [2.75, 3.05) is 45.7 Å². The molecule has 3 heterocycles. The summed E-state index contributed by atoms with van der Waals surface area (Å²) >= 11 is 1.70. The van der Waals surface area contributed by atoms with Gasteiger partial charge in [-0.15, -0.1) is 10.2 Å². The number of rotatable bonds is 7. The highest BCUT2D eigenvalue weighted by Crippen LogP contribution is 2.32. The molecule has 0 aliphatic carbocycles. The SMILES string of the molecule is COc1ccccc1-n1c(SCCN2CCOCC2)nnc1-c1cccnc1. The fraction of sp³-hybridized carbons (Fsp3) is 0.350. The molecule has 1 aliphatic rings. The number of benzene rings is 1. The van der Waals surface area contributed by atoms with E-state index < -0.39 is 0 Å². The highest BCUT2D eigenvalue weighted by Gasteiger charge is 2.19. The molecule has 0 amide bonds. The summed E-state index contributed by atoms with van der Waals surface area (Å²) in [6.07, 6.45) is 3.56. The number of aromatic nitrogens is 4. The molecule has 0 atom stereocenters. The Hall–Kier alpha value is -2.42. The lowest BCUT2D eigenvalue weighted by atomic mass is 10.2. The van der Waals surface area contributed by atoms with Gasteiger partial charge >= 0.3 is 0 Å². The number of para-hydroxylation sites is 2. The second-order valence-electron chi connectivity index (χ2n) is 6.36. The molecule has 0 spiro atoms. The first-order chi connectivity index (χ1) is 13.9. The number of hydrogen-bond acceptors (Lipinski definition) is 7. The Morgan fingerprint density at radius 2 is 1.96 bits per heavy atom. The molecule has 0 saturated carbocycles. The third-order valence-corrected chi connectivity index (χ3v) is 5.53. The molecule has 1 aliphatic heterocycles. The van der Waals surface area contributed by atoms with Gasteiger partial charge in [0.15, 0.2) is 11.0 Å². The fourth-order valence-electron chi connectivity index (χ4n) is 3.17. The van der Waals surface area contributed by atoms with Crippen molar-refractivity contribution < 1.29 is 9.47 Å². The Morgan fingerprint density at radius 1 is 1.11 bits per heavy atom. The Bertz CT molecular complexity index is 897. The van der Waals surface area contributed by atoms with E-state index in [1.807, 2.05) is 36.4 Å². The highest BCUT2D eigenvalue weighted by atomic mass is 32.2. The first-order valence-electron chi connectivity index (χ1n) is 9.29. The highest BCUT2D eigenvalue weighted by molar-refractivity contribution is 7.99. The summed E-state index contributed by atoms with van der Waals surface area (Å²) in [6, 6.07) is 11.8. The molecule has 0 radical (unpaired) electrons. The van der Waals surface area contributed by atoms with E-state index >= 15 is 0 Å². The lowest BCUT2D eigenvalue weighted by Crippen LogP contribution is -2.37. The van der Waals surface area contributed by atoms with Crippen molar-refractivity contribution in [2.24, 2.45) is 0 Å². The minimum atomic E-state index is 0.756. The Labute approximate surface area is 168 Å². The van der Waals surface area contributed by atoms with Gasteiger partial charge in [0.25, 0.3) is 0 Å². The van der Waals surface area contributed by atoms with Crippen LogP contribution in [0.4, 0.5) is 0 Å². The second-order valence-corrected chi connectivity index (χ2v) is 7.42. The fourth-order valence-corrected chi connectivity index (χ4v) is 4.11. The van der Waals surface area contributed by atoms with Crippen LogP contribution in [0.3, 0.4) is 0 Å². The van der Waals surface area contributed by atoms with Crippen LogP contribution >= 0.6 is 11.8 Å². The van der Waals surface area contributed by atoms with Crippen LogP contribution in [0.5, 0.6) is 5.75 Å². The number of pyridine rings is 1. The average molecular weight is 398 g/mol. The molecule has 1 saturated heterocycles. The molecule has 0 unspecified atom stereocenters. The molecular weight excluding hydrogens is 374 g/mol. The van der Waals surface area contributed by atoms with Crippen LogP contribution in [0, 0.1) is 0 Å². The lowest BCUT2D eigenvalue weighted by molar-refractivity contribution is 0.0410. The standard InChI is InChI=1S/C20H23N5O2S/c1-26-18-7-3-2-6-17(18)25-19(16-5-4-8-21-15-16)22-23-20(25)28-14-11-24-9-12-27-13-10-24/h2-8,15H,9-14H2,1H3. The van der Waals surface area contributed by atoms with Gasteiger partial charge in [0.2, 0.25) is 0 Å². The van der Waals surface area contributed by atoms with Gasteiger partial charge in [-0.25, -0.2) is 0 Å². The Morgan fingerprint density at radius 3 is 2.75 bits per heavy atom. The van der Waals surface area contributed by atoms with Gasteiger partial charge in [0.1, 0.15) is 5.75 Å². The van der Waals surface area contributed by atoms with Gasteiger partial charge in [-0.1, -0.05) is 23.9 Å². The molecular formula is C20H23N5O2S. The molecule has 1 aromatic carbocycles. The minimum absolute atomic E-state index is 0.756. The maximum absolute atomic E-state index is 5.59. The second kappa shape index (κ2) is 9.18. The van der Waals surface area contributed by atoms with E-state index in [0.717, 1.165) is 66.6 Å². The van der Waals surface area contributed by atoms with Gasteiger partial charge in [0.05, 0.1) is 26.0 Å². The molecule has 1 fully saturated rings. The summed E-state index contributed by atoms with van der Waals surface area (Å²) in [5, 5.41) is 9.79. The average Bonchev–Trinajstić information content (AvgIpc) is 3.19. The normalized spacial score (nSPS) is 14.9. The zero-order valence-corrected chi connectivity index (χ0v) is 16.6. The van der Waals surface area contributed by atoms with Gasteiger partial charge in [-0.2, -0.15) is 0 Å². The summed E-state index contributed by atoms with van der Waals surface area (Å²) < 4.78 is 13.1. The maximum atomic E-state index is 5.59. The molecule has 0 N–H and O–H groups in total. The number of nitrogens with zero attached hydrogens (tertiary/aromatic N) is 5. The van der Waals surface area contributed by atoms with Crippen LogP contribution in [0.15, 0.2) is 53.9 Å². The monoisotopic (exact) mass is 397 g/mol. The van der Waals surface area contributed by atoms with Crippen molar-refractivity contribution in [3.05, 3.63) is 48.8 Å². The predicted octanol–water partition coefficient (Wildman–Crippen LogP) is 2.76. The molecule has 28 heavy (non-hydrogen) atoms. The summed E-state index contributed by atoms with van der Waals surface area (Å²) in [4.78, 5) is 6.65. The molecule has 0 bridgehead atoms. The summed E-state index contributed by atoms with van der Waals surface area (Å²) in [5.74, 6) is 2.47. The topological polar surface area (TPSA) is 65.3 Å². The van der Waals surface area contributed by atoms with E-state index in [-0.39, 0.29) is 0 Å². The third-order valence-electron chi connectivity index (χ3n) is 4.62. The van der Waals surface area contributed by atoms with Crippen LogP contribution in [0.25, 0.3) is 17.1 Å². The van der Waals surface area contributed by atoms with Crippen LogP contribution < -0.4 is 4.74 Å². The van der Waals surface area contributed by atoms with Gasteiger partial charge in [-0.05, 0) is 24.3 Å². The number of methoxy groups -OCH3 is 1. The quantitative estimate of drug-likeness (QED) is 0.568. The first kappa shape index (κ1) is 18.9. The van der Waals surface area contributed by atoms with E-state index in [0.29, 0.717) is 0 Å². The van der Waals surface area contributed by atoms with Crippen molar-refractivity contribution in [1.82, 2.24) is 24.6 Å². The van der Waals surface area contributed by atoms with E-state index in [4.69, 9.17) is 9.47 Å². The van der Waals surface area contributed by atoms with Crippen molar-refractivity contribution in [3.8, 4) is 22.8 Å². The summed E-state index contributed by atoms with van der Waals surface area (Å²) in [7, 11) is 1.68. The van der Waals surface area contributed by atoms with Gasteiger partial charge < -0.3 is 9.47 Å². The number of morpholine rings is 1. The van der Waals surface area contributed by atoms with Crippen LogP contribution in [0.2, 0.25) is 0 Å². The zero-order chi connectivity index (χ0) is 19.2. The molecule has 4 rings (SSSR count). The van der Waals surface area contributed by atoms with E-state index in [2.05, 4.69) is 24.6 Å². The van der Waals surface area contributed by atoms with Crippen molar-refractivity contribution in [3.63, 3.8) is 0 Å². The van der Waals surface area contributed by atoms with E-state index in [1.54, 1.807) is 31.3 Å². The largest absolute Gasteiger partial charge is 0.495 e. The summed E-state index contributed by atoms with van der Waals surface area (Å²) in [5.41, 5.74) is 1.84. The number of ether oxygens (including phenoxy) is 2. The molecule has 146 valence electrons. The van der Waals surface area contributed by atoms with Gasteiger partial charge in [-0.3, -0.25) is 14.5 Å². The van der Waals surface area contributed by atoms with E-state index in [9.17, 15) is 0 Å². The van der Waals surface area contributed by atoms with Crippen LogP contribution in [-0.2, 0) is 4.74 Å². The maximum Gasteiger partial charge on any atom is 0.196 e. The Kier molecular flexibility index (Phi) is 6.20. The number of thioether (sulfide) groups is 1. The summed E-state index contributed by atoms with van der Waals surface area (Å²) in [6.45, 7) is 4.59. The van der Waals surface area contributed by atoms with Crippen molar-refractivity contribution in [1.29, 1.82) is 0 Å². The van der Waals surface area contributed by atoms with Crippen LogP contribution in [-0.4, -0.2) is 70.4 Å². The number of hydrogen-bond donors (Lipinski definition) is 0. The molecule has 2 aromatic heterocycles. The molecule has 3 aromatic rings. The van der Waals surface area contributed by atoms with Gasteiger partial charge in [0, 0.05) is 43.3 Å². The zero-order valence-electron chi connectivity index (χ0n) is 15.8. The third kappa shape index (κ3) is 4.19. The molecule has 7 nitrogen and oxygen atoms in total. The predicted molar refractivity (Wildman–Crippen MR) is 109 cm³/mol. The first-order valence-corrected chi connectivity index (χ1v) is 10.3. The minimum Gasteiger partial charge on any atom is -0.495 e. The van der Waals surface area contributed by atoms with Crippen LogP contribution in [0.1, 0.15) is 0 Å². The lowest BCUT2D eigenvalue weighted by Gasteiger charge is -2.26. The van der Waals surface area contributed by atoms with Crippen molar-refractivity contribution in [2.45, 2.75) is 5.16 Å². The smallest absolute Gasteiger partial charge is 0.196 e. The Balaban J connectivity index is 1.63. The van der Waals surface area contributed by atoms with E-state index in [1.165, 1.54) is 0 Å².